The molecule has 98 valence electrons. The highest BCUT2D eigenvalue weighted by atomic mass is 16.2. The van der Waals surface area contributed by atoms with E-state index in [1.807, 2.05) is 20.2 Å². The number of amides is 1. The van der Waals surface area contributed by atoms with Gasteiger partial charge in [-0.05, 0) is 43.6 Å². The minimum atomic E-state index is 0.197. The van der Waals surface area contributed by atoms with E-state index in [4.69, 9.17) is 5.73 Å². The zero-order chi connectivity index (χ0) is 13.1. The lowest BCUT2D eigenvalue weighted by atomic mass is 9.95. The fourth-order valence-corrected chi connectivity index (χ4v) is 2.54. The van der Waals surface area contributed by atoms with Crippen molar-refractivity contribution in [1.82, 2.24) is 5.32 Å². The number of fused-ring (bicyclic) bond motifs is 1. The first kappa shape index (κ1) is 13.1. The summed E-state index contributed by atoms with van der Waals surface area (Å²) in [5.41, 5.74) is 9.18. The van der Waals surface area contributed by atoms with Crippen LogP contribution < -0.4 is 16.0 Å². The summed E-state index contributed by atoms with van der Waals surface area (Å²) in [6.07, 6.45) is 2.36. The molecule has 1 heterocycles. The van der Waals surface area contributed by atoms with Crippen LogP contribution in [0.5, 0.6) is 0 Å². The third-order valence-corrected chi connectivity index (χ3v) is 3.65. The molecule has 0 bridgehead atoms. The van der Waals surface area contributed by atoms with Gasteiger partial charge in [0.25, 0.3) is 0 Å². The highest BCUT2D eigenvalue weighted by molar-refractivity contribution is 5.95. The van der Waals surface area contributed by atoms with Gasteiger partial charge >= 0.3 is 0 Å². The molecule has 0 aromatic heterocycles. The lowest BCUT2D eigenvalue weighted by Crippen LogP contribution is -2.31. The molecule has 0 fully saturated rings. The molecule has 1 amide bonds. The monoisotopic (exact) mass is 247 g/mol. The summed E-state index contributed by atoms with van der Waals surface area (Å²) in [5.74, 6) is 0.197. The molecule has 1 aliphatic heterocycles. The summed E-state index contributed by atoms with van der Waals surface area (Å²) >= 11 is 0. The van der Waals surface area contributed by atoms with Gasteiger partial charge in [-0.3, -0.25) is 4.79 Å². The van der Waals surface area contributed by atoms with Gasteiger partial charge in [-0.25, -0.2) is 0 Å². The van der Waals surface area contributed by atoms with Gasteiger partial charge < -0.3 is 16.0 Å². The SMILES string of the molecule is CNC(CCN)c1ccc2c(c1)CCC(=O)N2C. The summed E-state index contributed by atoms with van der Waals surface area (Å²) in [6.45, 7) is 0.668. The topological polar surface area (TPSA) is 58.4 Å². The number of nitrogens with zero attached hydrogens (tertiary/aromatic N) is 1. The summed E-state index contributed by atoms with van der Waals surface area (Å²) in [6, 6.07) is 6.63. The maximum atomic E-state index is 11.6. The fourth-order valence-electron chi connectivity index (χ4n) is 2.54. The molecule has 0 saturated heterocycles. The van der Waals surface area contributed by atoms with Crippen LogP contribution in [0.4, 0.5) is 5.69 Å². The Morgan fingerprint density at radius 2 is 2.22 bits per heavy atom. The number of aryl methyl sites for hydroxylation is 1. The first-order valence-corrected chi connectivity index (χ1v) is 6.44. The van der Waals surface area contributed by atoms with Gasteiger partial charge in [0.05, 0.1) is 0 Å². The molecular weight excluding hydrogens is 226 g/mol. The van der Waals surface area contributed by atoms with Crippen LogP contribution in [0, 0.1) is 0 Å². The molecule has 4 heteroatoms. The average Bonchev–Trinajstić information content (AvgIpc) is 2.40. The maximum Gasteiger partial charge on any atom is 0.227 e. The van der Waals surface area contributed by atoms with E-state index in [9.17, 15) is 4.79 Å². The van der Waals surface area contributed by atoms with Gasteiger partial charge in [-0.1, -0.05) is 12.1 Å². The zero-order valence-electron chi connectivity index (χ0n) is 11.1. The third kappa shape index (κ3) is 2.40. The Bertz CT molecular complexity index is 445. The molecule has 1 aromatic rings. The number of nitrogens with two attached hydrogens (primary N) is 1. The smallest absolute Gasteiger partial charge is 0.227 e. The Labute approximate surface area is 108 Å². The molecule has 18 heavy (non-hydrogen) atoms. The molecule has 1 aromatic carbocycles. The molecule has 1 aliphatic rings. The molecule has 0 radical (unpaired) electrons. The van der Waals surface area contributed by atoms with Gasteiger partial charge in [-0.15, -0.1) is 0 Å². The van der Waals surface area contributed by atoms with Crippen LogP contribution in [0.25, 0.3) is 0 Å². The lowest BCUT2D eigenvalue weighted by molar-refractivity contribution is -0.118. The Morgan fingerprint density at radius 3 is 2.89 bits per heavy atom. The van der Waals surface area contributed by atoms with Crippen molar-refractivity contribution in [3.63, 3.8) is 0 Å². The average molecular weight is 247 g/mol. The number of nitrogens with one attached hydrogen (secondary N) is 1. The fraction of sp³-hybridized carbons (Fsp3) is 0.500. The molecular formula is C14H21N3O. The van der Waals surface area contributed by atoms with Gasteiger partial charge in [-0.2, -0.15) is 0 Å². The summed E-state index contributed by atoms with van der Waals surface area (Å²) in [5, 5.41) is 3.29. The predicted molar refractivity (Wildman–Crippen MR) is 73.6 cm³/mol. The van der Waals surface area contributed by atoms with Crippen LogP contribution in [0.2, 0.25) is 0 Å². The number of hydrogen-bond donors (Lipinski definition) is 2. The van der Waals surface area contributed by atoms with E-state index in [1.54, 1.807) is 4.90 Å². The first-order valence-electron chi connectivity index (χ1n) is 6.44. The van der Waals surface area contributed by atoms with Crippen LogP contribution in [0.1, 0.15) is 30.0 Å². The van der Waals surface area contributed by atoms with Crippen molar-refractivity contribution in [2.24, 2.45) is 5.73 Å². The number of benzene rings is 1. The van der Waals surface area contributed by atoms with E-state index < -0.39 is 0 Å². The lowest BCUT2D eigenvalue weighted by Gasteiger charge is -2.27. The Hall–Kier alpha value is -1.39. The van der Waals surface area contributed by atoms with Crippen molar-refractivity contribution in [1.29, 1.82) is 0 Å². The summed E-state index contributed by atoms with van der Waals surface area (Å²) < 4.78 is 0. The highest BCUT2D eigenvalue weighted by Crippen LogP contribution is 2.29. The van der Waals surface area contributed by atoms with Crippen molar-refractivity contribution in [2.75, 3.05) is 25.5 Å². The van der Waals surface area contributed by atoms with Gasteiger partial charge in [0.15, 0.2) is 0 Å². The zero-order valence-corrected chi connectivity index (χ0v) is 11.1. The molecule has 1 atom stereocenters. The Morgan fingerprint density at radius 1 is 1.44 bits per heavy atom. The van der Waals surface area contributed by atoms with E-state index >= 15 is 0 Å². The molecule has 3 N–H and O–H groups in total. The molecule has 0 aliphatic carbocycles. The van der Waals surface area contributed by atoms with Gasteiger partial charge in [0, 0.05) is 25.2 Å². The van der Waals surface area contributed by atoms with Crippen molar-refractivity contribution < 1.29 is 4.79 Å². The van der Waals surface area contributed by atoms with Crippen LogP contribution in [0.3, 0.4) is 0 Å². The normalized spacial score (nSPS) is 16.6. The number of hydrogen-bond acceptors (Lipinski definition) is 3. The van der Waals surface area contributed by atoms with Crippen LogP contribution in [0.15, 0.2) is 18.2 Å². The van der Waals surface area contributed by atoms with E-state index in [-0.39, 0.29) is 5.91 Å². The summed E-state index contributed by atoms with van der Waals surface area (Å²) in [4.78, 5) is 13.4. The second-order valence-corrected chi connectivity index (χ2v) is 4.76. The van der Waals surface area contributed by atoms with Gasteiger partial charge in [0.2, 0.25) is 5.91 Å². The molecule has 0 spiro atoms. The molecule has 1 unspecified atom stereocenters. The van der Waals surface area contributed by atoms with Crippen molar-refractivity contribution in [3.8, 4) is 0 Å². The summed E-state index contributed by atoms with van der Waals surface area (Å²) in [7, 11) is 3.80. The van der Waals surface area contributed by atoms with Crippen molar-refractivity contribution in [2.45, 2.75) is 25.3 Å². The predicted octanol–water partition coefficient (Wildman–Crippen LogP) is 1.20. The highest BCUT2D eigenvalue weighted by Gasteiger charge is 2.21. The number of anilines is 1. The second-order valence-electron chi connectivity index (χ2n) is 4.76. The van der Waals surface area contributed by atoms with Crippen LogP contribution >= 0.6 is 0 Å². The Kier molecular flexibility index (Phi) is 3.99. The first-order chi connectivity index (χ1) is 8.67. The van der Waals surface area contributed by atoms with E-state index in [2.05, 4.69) is 17.4 Å². The maximum absolute atomic E-state index is 11.6. The third-order valence-electron chi connectivity index (χ3n) is 3.65. The second kappa shape index (κ2) is 5.50. The minimum absolute atomic E-state index is 0.197. The molecule has 0 saturated carbocycles. The largest absolute Gasteiger partial charge is 0.330 e. The van der Waals surface area contributed by atoms with Crippen LogP contribution in [-0.4, -0.2) is 26.5 Å². The van der Waals surface area contributed by atoms with Crippen LogP contribution in [-0.2, 0) is 11.2 Å². The quantitative estimate of drug-likeness (QED) is 0.840. The van der Waals surface area contributed by atoms with Gasteiger partial charge in [0.1, 0.15) is 0 Å². The van der Waals surface area contributed by atoms with E-state index in [1.165, 1.54) is 11.1 Å². The number of carbonyl (C=O) groups is 1. The Balaban J connectivity index is 2.30. The molecule has 4 nitrogen and oxygen atoms in total. The van der Waals surface area contributed by atoms with Crippen molar-refractivity contribution >= 4 is 11.6 Å². The minimum Gasteiger partial charge on any atom is -0.330 e. The van der Waals surface area contributed by atoms with E-state index in [0.29, 0.717) is 19.0 Å². The molecule has 2 rings (SSSR count). The number of carbonyl (C=O) groups excluding carboxylic acids is 1. The standard InChI is InChI=1S/C14H21N3O/c1-16-12(7-8-15)10-3-5-13-11(9-10)4-6-14(18)17(13)2/h3,5,9,12,16H,4,6-8,15H2,1-2H3. The van der Waals surface area contributed by atoms with Crippen molar-refractivity contribution in [3.05, 3.63) is 29.3 Å². The van der Waals surface area contributed by atoms with E-state index in [0.717, 1.165) is 18.5 Å². The number of rotatable bonds is 4.